The van der Waals surface area contributed by atoms with Crippen molar-refractivity contribution in [3.05, 3.63) is 89.0 Å². The number of hydrogen-bond donors (Lipinski definition) is 1. The van der Waals surface area contributed by atoms with Gasteiger partial charge < -0.3 is 0 Å². The number of rotatable bonds is 4. The summed E-state index contributed by atoms with van der Waals surface area (Å²) in [6.45, 7) is 6.30. The van der Waals surface area contributed by atoms with Crippen molar-refractivity contribution < 1.29 is 20.4 Å². The van der Waals surface area contributed by atoms with Gasteiger partial charge in [0.25, 0.3) is 0 Å². The zero-order valence-corrected chi connectivity index (χ0v) is 23.1. The van der Waals surface area contributed by atoms with E-state index in [1.165, 1.54) is 22.3 Å². The summed E-state index contributed by atoms with van der Waals surface area (Å²) in [5.74, 6) is -1.81. The van der Waals surface area contributed by atoms with Crippen molar-refractivity contribution in [2.24, 2.45) is 0 Å². The van der Waals surface area contributed by atoms with Crippen molar-refractivity contribution in [1.82, 2.24) is 3.30 Å². The summed E-state index contributed by atoms with van der Waals surface area (Å²) in [5.41, 5.74) is 6.57. The van der Waals surface area contributed by atoms with Crippen LogP contribution in [-0.2, 0) is 22.0 Å². The average molecular weight is 608 g/mol. The summed E-state index contributed by atoms with van der Waals surface area (Å²) < 4.78 is 4.27. The molecule has 1 amide bonds. The monoisotopic (exact) mass is 608 g/mol. The van der Waals surface area contributed by atoms with E-state index in [-0.39, 0.29) is 5.91 Å². The molecule has 0 radical (unpaired) electrons. The number of fused-ring (bicyclic) bond motifs is 3. The summed E-state index contributed by atoms with van der Waals surface area (Å²) >= 11 is -4.93. The molecule has 149 valence electrons. The zero-order valence-electron chi connectivity index (χ0n) is 16.8. The van der Waals surface area contributed by atoms with E-state index in [0.29, 0.717) is 5.56 Å². The van der Waals surface area contributed by atoms with Crippen molar-refractivity contribution in [1.29, 1.82) is 0 Å². The minimum absolute atomic E-state index is 0.164. The molecule has 1 N–H and O–H groups in total. The molecule has 1 aliphatic rings. The Labute approximate surface area is 181 Å². The van der Waals surface area contributed by atoms with Gasteiger partial charge in [-0.25, -0.2) is 0 Å². The van der Waals surface area contributed by atoms with Gasteiger partial charge >= 0.3 is 183 Å². The van der Waals surface area contributed by atoms with Crippen molar-refractivity contribution in [3.8, 4) is 11.1 Å². The maximum atomic E-state index is 13.2. The van der Waals surface area contributed by atoms with Gasteiger partial charge in [0.15, 0.2) is 0 Å². The van der Waals surface area contributed by atoms with Crippen LogP contribution in [0.2, 0.25) is 13.1 Å². The van der Waals surface area contributed by atoms with Gasteiger partial charge in [0.2, 0.25) is 0 Å². The molecule has 6 heteroatoms. The van der Waals surface area contributed by atoms with Crippen molar-refractivity contribution in [3.63, 3.8) is 0 Å². The van der Waals surface area contributed by atoms with Crippen molar-refractivity contribution in [2.75, 3.05) is 0 Å². The van der Waals surface area contributed by atoms with E-state index < -0.39 is 21.6 Å². The topological polar surface area (TPSA) is 29.1 Å². The van der Waals surface area contributed by atoms with Crippen LogP contribution in [0.5, 0.6) is 0 Å². The number of amides is 1. The Morgan fingerprint density at radius 2 is 1.66 bits per heavy atom. The van der Waals surface area contributed by atoms with E-state index in [1.807, 2.05) is 37.3 Å². The Balaban J connectivity index is 1.83. The third-order valence-corrected chi connectivity index (χ3v) is 67.6. The minimum atomic E-state index is -4.93. The molecule has 2 nitrogen and oxygen atoms in total. The molecule has 29 heavy (non-hydrogen) atoms. The van der Waals surface area contributed by atoms with Crippen LogP contribution in [0.1, 0.15) is 27.0 Å². The number of carbonyl (C=O) groups excluding carboxylic acids is 1. The van der Waals surface area contributed by atoms with Gasteiger partial charge in [-0.05, 0) is 0 Å². The van der Waals surface area contributed by atoms with Gasteiger partial charge in [-0.3, -0.25) is 0 Å². The van der Waals surface area contributed by atoms with E-state index in [1.54, 1.807) is 0 Å². The molecule has 4 rings (SSSR count). The molecule has 1 aliphatic carbocycles. The maximum absolute atomic E-state index is 13.2. The summed E-state index contributed by atoms with van der Waals surface area (Å²) in [7, 11) is 15.0. The van der Waals surface area contributed by atoms with Gasteiger partial charge in [0, 0.05) is 0 Å². The average Bonchev–Trinajstić information content (AvgIpc) is 3.06. The third kappa shape index (κ3) is 3.58. The standard InChI is InChI=1S/C13H9.C8H9NO.C2H7Si.2ClH.Hf/c1-3-7-12-10(5-1)9-11-6-2-4-8-13(11)12;1-6-3-2-4-7(5-6)8(9)10;1-3-2;;;/h1-5,7-8H,9H2;2-5H,1H3,(H2,9,10);3H,1-2H3;2*1H;/q;;;;;+3/p-3. The van der Waals surface area contributed by atoms with Crippen LogP contribution >= 0.6 is 17.2 Å². The normalized spacial score (nSPS) is 14.1. The van der Waals surface area contributed by atoms with Gasteiger partial charge in [-0.1, -0.05) is 0 Å². The first-order valence-corrected chi connectivity index (χ1v) is 31.5. The molecule has 0 fully saturated rings. The number of hydrogen-bond acceptors (Lipinski definition) is 1. The Morgan fingerprint density at radius 1 is 0.966 bits per heavy atom. The fraction of sp³-hybridized carbons (Fsp3) is 0.174. The molecule has 3 aromatic rings. The molecule has 0 atom stereocenters. The molecule has 0 heterocycles. The summed E-state index contributed by atoms with van der Waals surface area (Å²) in [6, 6.07) is 22.2. The summed E-state index contributed by atoms with van der Waals surface area (Å²) in [6.07, 6.45) is 0.814. The molecular formula is C23H24Cl2HfNOSi. The fourth-order valence-corrected chi connectivity index (χ4v) is 29.2. The second kappa shape index (κ2) is 7.49. The van der Waals surface area contributed by atoms with E-state index in [4.69, 9.17) is 17.2 Å². The molecule has 0 saturated heterocycles. The van der Waals surface area contributed by atoms with Crippen LogP contribution < -0.4 is 6.62 Å². The molecule has 0 aliphatic heterocycles. The molecule has 0 aromatic heterocycles. The van der Waals surface area contributed by atoms with Gasteiger partial charge in [0.05, 0.1) is 0 Å². The Morgan fingerprint density at radius 3 is 2.38 bits per heavy atom. The first kappa shape index (κ1) is 21.0. The molecule has 0 unspecified atom stereocenters. The van der Waals surface area contributed by atoms with Crippen LogP contribution in [0.4, 0.5) is 0 Å². The fourth-order valence-electron chi connectivity index (χ4n) is 4.18. The second-order valence-electron chi connectivity index (χ2n) is 8.23. The number of carbonyl (C=O) groups is 1. The number of benzene rings is 3. The summed E-state index contributed by atoms with van der Waals surface area (Å²) in [4.78, 5) is 13.2. The molecule has 0 spiro atoms. The van der Waals surface area contributed by atoms with E-state index in [9.17, 15) is 4.79 Å². The molecule has 0 bridgehead atoms. The summed E-state index contributed by atoms with van der Waals surface area (Å²) in [5, 5.41) is 0. The predicted octanol–water partition coefficient (Wildman–Crippen LogP) is 5.52. The quantitative estimate of drug-likeness (QED) is 0.305. The number of nitrogens with one attached hydrogen (secondary N) is 1. The van der Waals surface area contributed by atoms with Crippen molar-refractivity contribution >= 4 is 32.4 Å². The van der Waals surface area contributed by atoms with E-state index in [0.717, 1.165) is 15.3 Å². The van der Waals surface area contributed by atoms with Gasteiger partial charge in [-0.15, -0.1) is 0 Å². The predicted molar refractivity (Wildman–Crippen MR) is 124 cm³/mol. The zero-order chi connectivity index (χ0) is 20.8. The molecule has 0 saturated carbocycles. The number of aryl methyl sites for hydroxylation is 1. The molecule has 3 aromatic carbocycles. The van der Waals surface area contributed by atoms with Crippen LogP contribution in [0, 0.1) is 6.92 Å². The van der Waals surface area contributed by atoms with Crippen molar-refractivity contribution in [2.45, 2.75) is 26.4 Å². The van der Waals surface area contributed by atoms with Crippen LogP contribution in [-0.4, -0.2) is 11.9 Å². The Hall–Kier alpha value is -1.20. The van der Waals surface area contributed by atoms with Gasteiger partial charge in [0.1, 0.15) is 0 Å². The first-order chi connectivity index (χ1) is 13.7. The second-order valence-corrected chi connectivity index (χ2v) is 63.5. The number of halogens is 2. The van der Waals surface area contributed by atoms with E-state index >= 15 is 0 Å². The Bertz CT molecular complexity index is 1130. The van der Waals surface area contributed by atoms with E-state index in [2.05, 4.69) is 52.8 Å². The van der Waals surface area contributed by atoms with Gasteiger partial charge in [-0.2, -0.15) is 0 Å². The van der Waals surface area contributed by atoms with Crippen LogP contribution in [0.15, 0.2) is 66.7 Å². The van der Waals surface area contributed by atoms with Crippen LogP contribution in [0.25, 0.3) is 11.1 Å². The third-order valence-electron chi connectivity index (χ3n) is 5.98. The SMILES string of the molecule is Cc1cccc(C(=O)[NH][Hf]([Cl])([Cl])([c]2cccc3c2Cc2ccccc2-3)[SiH](C)C)c1. The first-order valence-electron chi connectivity index (χ1n) is 9.88. The Kier molecular flexibility index (Phi) is 5.43. The van der Waals surface area contributed by atoms with Crippen LogP contribution in [0.3, 0.4) is 0 Å². The molecular weight excluding hydrogens is 584 g/mol.